The normalized spacial score (nSPS) is 28.4. The molecule has 4 atom stereocenters. The van der Waals surface area contributed by atoms with E-state index in [1.54, 1.807) is 6.20 Å². The number of hydrogen-bond acceptors (Lipinski definition) is 6. The van der Waals surface area contributed by atoms with Gasteiger partial charge in [0.15, 0.2) is 0 Å². The quantitative estimate of drug-likeness (QED) is 0.863. The summed E-state index contributed by atoms with van der Waals surface area (Å²) < 4.78 is 6.14. The molecule has 0 radical (unpaired) electrons. The Hall–Kier alpha value is -2.20. The van der Waals surface area contributed by atoms with Crippen molar-refractivity contribution in [1.82, 2.24) is 10.3 Å². The first-order chi connectivity index (χ1) is 13.2. The van der Waals surface area contributed by atoms with Gasteiger partial charge in [0, 0.05) is 42.9 Å². The number of nitrogens with one attached hydrogen (secondary N) is 1. The van der Waals surface area contributed by atoms with Gasteiger partial charge in [-0.1, -0.05) is 0 Å². The molecule has 0 bridgehead atoms. The Bertz CT molecular complexity index is 850. The zero-order valence-electron chi connectivity index (χ0n) is 15.6. The summed E-state index contributed by atoms with van der Waals surface area (Å²) in [6, 6.07) is 10.2. The van der Waals surface area contributed by atoms with Crippen molar-refractivity contribution >= 4 is 16.6 Å². The summed E-state index contributed by atoms with van der Waals surface area (Å²) in [5, 5.41) is 23.9. The second kappa shape index (κ2) is 7.81. The van der Waals surface area contributed by atoms with Crippen molar-refractivity contribution in [3.8, 4) is 6.07 Å². The maximum Gasteiger partial charge on any atom is 0.101 e. The Morgan fingerprint density at radius 3 is 3.00 bits per heavy atom. The number of aliphatic hydroxyl groups is 1. The highest BCUT2D eigenvalue weighted by molar-refractivity contribution is 5.95. The molecule has 2 aromatic rings. The Morgan fingerprint density at radius 2 is 2.22 bits per heavy atom. The van der Waals surface area contributed by atoms with Gasteiger partial charge >= 0.3 is 0 Å². The molecule has 1 aromatic carbocycles. The van der Waals surface area contributed by atoms with Crippen LogP contribution in [0.3, 0.4) is 0 Å². The highest BCUT2D eigenvalue weighted by Crippen LogP contribution is 2.30. The zero-order chi connectivity index (χ0) is 18.8. The van der Waals surface area contributed by atoms with E-state index in [1.165, 1.54) is 0 Å². The first-order valence-corrected chi connectivity index (χ1v) is 9.75. The van der Waals surface area contributed by atoms with Crippen molar-refractivity contribution < 1.29 is 9.84 Å². The highest BCUT2D eigenvalue weighted by Gasteiger charge is 2.29. The van der Waals surface area contributed by atoms with Gasteiger partial charge in [-0.25, -0.2) is 0 Å². The number of hydrogen-bond donors (Lipinski definition) is 2. The number of nitriles is 1. The number of pyridine rings is 1. The van der Waals surface area contributed by atoms with Crippen LogP contribution < -0.4 is 10.2 Å². The number of aliphatic hydroxyl groups excluding tert-OH is 1. The highest BCUT2D eigenvalue weighted by atomic mass is 16.5. The van der Waals surface area contributed by atoms with Crippen molar-refractivity contribution in [3.05, 3.63) is 36.0 Å². The van der Waals surface area contributed by atoms with Crippen molar-refractivity contribution in [1.29, 1.82) is 5.26 Å². The van der Waals surface area contributed by atoms with E-state index >= 15 is 0 Å². The second-order valence-electron chi connectivity index (χ2n) is 7.63. The molecule has 6 heteroatoms. The van der Waals surface area contributed by atoms with Crippen LogP contribution >= 0.6 is 0 Å². The number of ether oxygens (including phenoxy) is 1. The van der Waals surface area contributed by atoms with Crippen LogP contribution in [0.25, 0.3) is 10.9 Å². The molecular weight excluding hydrogens is 340 g/mol. The van der Waals surface area contributed by atoms with Crippen LogP contribution in [-0.4, -0.2) is 54.1 Å². The van der Waals surface area contributed by atoms with E-state index in [4.69, 9.17) is 4.74 Å². The summed E-state index contributed by atoms with van der Waals surface area (Å²) in [5.41, 5.74) is 2.45. The van der Waals surface area contributed by atoms with Crippen LogP contribution in [0.4, 0.5) is 5.69 Å². The van der Waals surface area contributed by atoms with E-state index < -0.39 is 0 Å². The largest absolute Gasteiger partial charge is 0.392 e. The smallest absolute Gasteiger partial charge is 0.101 e. The summed E-state index contributed by atoms with van der Waals surface area (Å²) in [4.78, 5) is 6.75. The lowest BCUT2D eigenvalue weighted by molar-refractivity contribution is -0.0174. The number of fused-ring (bicyclic) bond motifs is 1. The third-order valence-corrected chi connectivity index (χ3v) is 5.62. The fraction of sp³-hybridized carbons (Fsp3) is 0.524. The second-order valence-corrected chi connectivity index (χ2v) is 7.63. The molecule has 1 aliphatic heterocycles. The van der Waals surface area contributed by atoms with Crippen LogP contribution in [0.15, 0.2) is 30.5 Å². The molecule has 27 heavy (non-hydrogen) atoms. The molecule has 6 nitrogen and oxygen atoms in total. The van der Waals surface area contributed by atoms with Crippen LogP contribution in [0.1, 0.15) is 31.7 Å². The fourth-order valence-electron chi connectivity index (χ4n) is 4.34. The first kappa shape index (κ1) is 18.2. The molecule has 2 aliphatic rings. The fourth-order valence-corrected chi connectivity index (χ4v) is 4.34. The third kappa shape index (κ3) is 3.77. The minimum Gasteiger partial charge on any atom is -0.392 e. The average Bonchev–Trinajstić information content (AvgIpc) is 3.10. The number of aromatic nitrogens is 1. The Labute approximate surface area is 159 Å². The van der Waals surface area contributed by atoms with E-state index in [1.807, 2.05) is 24.3 Å². The number of rotatable bonds is 4. The number of morpholine rings is 1. The molecule has 4 rings (SSSR count). The van der Waals surface area contributed by atoms with Crippen molar-refractivity contribution in [2.45, 2.75) is 50.5 Å². The lowest BCUT2D eigenvalue weighted by Gasteiger charge is -2.39. The average molecular weight is 366 g/mol. The van der Waals surface area contributed by atoms with Gasteiger partial charge in [-0.2, -0.15) is 5.26 Å². The maximum absolute atomic E-state index is 10.0. The lowest BCUT2D eigenvalue weighted by Crippen LogP contribution is -2.52. The minimum atomic E-state index is -0.240. The van der Waals surface area contributed by atoms with Gasteiger partial charge in [0.25, 0.3) is 0 Å². The van der Waals surface area contributed by atoms with Crippen molar-refractivity contribution in [2.75, 3.05) is 24.5 Å². The molecular formula is C21H26N4O2. The predicted molar refractivity (Wildman–Crippen MR) is 105 cm³/mol. The lowest BCUT2D eigenvalue weighted by atomic mass is 10.1. The summed E-state index contributed by atoms with van der Waals surface area (Å²) in [7, 11) is 0. The topological polar surface area (TPSA) is 81.4 Å². The zero-order valence-corrected chi connectivity index (χ0v) is 15.6. The molecule has 1 aliphatic carbocycles. The number of nitrogens with zero attached hydrogens (tertiary/aromatic N) is 3. The van der Waals surface area contributed by atoms with E-state index in [-0.39, 0.29) is 24.4 Å². The van der Waals surface area contributed by atoms with Crippen LogP contribution in [0.2, 0.25) is 0 Å². The summed E-state index contributed by atoms with van der Waals surface area (Å²) in [6.07, 6.45) is 4.65. The first-order valence-electron chi connectivity index (χ1n) is 9.75. The Kier molecular flexibility index (Phi) is 5.26. The predicted octanol–water partition coefficient (Wildman–Crippen LogP) is 2.20. The SMILES string of the molecule is C[C@@H]1CN(c2ccc(C#N)c3ncccc23)C[C@H](CNC2CCCC2O)O1. The summed E-state index contributed by atoms with van der Waals surface area (Å²) in [6.45, 7) is 4.40. The monoisotopic (exact) mass is 366 g/mol. The molecule has 1 aromatic heterocycles. The van der Waals surface area contributed by atoms with Crippen molar-refractivity contribution in [3.63, 3.8) is 0 Å². The molecule has 2 unspecified atom stereocenters. The standard InChI is InChI=1S/C21H26N4O2/c1-14-12-25(13-16(27-14)11-24-18-5-2-6-20(18)26)19-8-7-15(10-22)21-17(19)4-3-9-23-21/h3-4,7-9,14,16,18,20,24,26H,2,5-6,11-13H2,1H3/t14-,16+,18?,20?/m1/s1. The maximum atomic E-state index is 10.0. The summed E-state index contributed by atoms with van der Waals surface area (Å²) in [5.74, 6) is 0. The third-order valence-electron chi connectivity index (χ3n) is 5.62. The Balaban J connectivity index is 1.53. The van der Waals surface area contributed by atoms with Crippen LogP contribution in [-0.2, 0) is 4.74 Å². The van der Waals surface area contributed by atoms with Crippen LogP contribution in [0, 0.1) is 11.3 Å². The minimum absolute atomic E-state index is 0.0592. The van der Waals surface area contributed by atoms with E-state index in [0.29, 0.717) is 5.56 Å². The molecule has 0 spiro atoms. The molecule has 1 saturated heterocycles. The van der Waals surface area contributed by atoms with Crippen LogP contribution in [0.5, 0.6) is 0 Å². The van der Waals surface area contributed by atoms with E-state index in [0.717, 1.165) is 55.5 Å². The van der Waals surface area contributed by atoms with E-state index in [2.05, 4.69) is 28.2 Å². The molecule has 2 N–H and O–H groups in total. The van der Waals surface area contributed by atoms with Gasteiger partial charge in [0.05, 0.1) is 29.4 Å². The molecule has 0 amide bonds. The van der Waals surface area contributed by atoms with Gasteiger partial charge in [0.1, 0.15) is 6.07 Å². The summed E-state index contributed by atoms with van der Waals surface area (Å²) >= 11 is 0. The molecule has 2 heterocycles. The van der Waals surface area contributed by atoms with Crippen molar-refractivity contribution in [2.24, 2.45) is 0 Å². The van der Waals surface area contributed by atoms with E-state index in [9.17, 15) is 10.4 Å². The van der Waals surface area contributed by atoms with Gasteiger partial charge in [-0.05, 0) is 50.5 Å². The molecule has 142 valence electrons. The van der Waals surface area contributed by atoms with Gasteiger partial charge in [0.2, 0.25) is 0 Å². The van der Waals surface area contributed by atoms with Gasteiger partial charge in [-0.3, -0.25) is 4.98 Å². The van der Waals surface area contributed by atoms with Gasteiger partial charge < -0.3 is 20.1 Å². The van der Waals surface area contributed by atoms with Gasteiger partial charge in [-0.15, -0.1) is 0 Å². The molecule has 1 saturated carbocycles. The number of anilines is 1. The molecule has 2 fully saturated rings. The number of benzene rings is 1. The Morgan fingerprint density at radius 1 is 1.33 bits per heavy atom.